The van der Waals surface area contributed by atoms with E-state index in [1.54, 1.807) is 25.1 Å². The number of ether oxygens (including phenoxy) is 2. The van der Waals surface area contributed by atoms with E-state index in [0.717, 1.165) is 0 Å². The van der Waals surface area contributed by atoms with Gasteiger partial charge in [-0.2, -0.15) is 4.31 Å². The smallest absolute Gasteiger partial charge is 0.244 e. The third-order valence-electron chi connectivity index (χ3n) is 4.70. The highest BCUT2D eigenvalue weighted by Crippen LogP contribution is 2.36. The number of sulfonamides is 1. The molecule has 0 bridgehead atoms. The summed E-state index contributed by atoms with van der Waals surface area (Å²) in [6, 6.07) is 8.68. The molecule has 1 aliphatic heterocycles. The van der Waals surface area contributed by atoms with Gasteiger partial charge in [0.1, 0.15) is 5.82 Å². The van der Waals surface area contributed by atoms with Crippen molar-refractivity contribution >= 4 is 10.0 Å². The molecule has 2 aromatic carbocycles. The third kappa shape index (κ3) is 3.78. The zero-order valence-electron chi connectivity index (χ0n) is 15.5. The normalized spacial score (nSPS) is 18.3. The van der Waals surface area contributed by atoms with E-state index in [2.05, 4.69) is 5.32 Å². The number of aryl methyl sites for hydroxylation is 1. The predicted molar refractivity (Wildman–Crippen MR) is 100 cm³/mol. The summed E-state index contributed by atoms with van der Waals surface area (Å²) in [6.45, 7) is 2.94. The summed E-state index contributed by atoms with van der Waals surface area (Å²) in [5.74, 6) is 0.424. The molecular weight excluding hydrogens is 371 g/mol. The molecule has 1 N–H and O–H groups in total. The minimum atomic E-state index is -3.83. The van der Waals surface area contributed by atoms with Gasteiger partial charge in [-0.05, 0) is 36.2 Å². The van der Waals surface area contributed by atoms with Crippen molar-refractivity contribution in [1.29, 1.82) is 0 Å². The van der Waals surface area contributed by atoms with Crippen molar-refractivity contribution < 1.29 is 22.3 Å². The lowest BCUT2D eigenvalue weighted by atomic mass is 10.1. The minimum Gasteiger partial charge on any atom is -0.493 e. The summed E-state index contributed by atoms with van der Waals surface area (Å²) in [6.07, 6.45) is 0. The number of nitrogens with one attached hydrogen (secondary N) is 1. The lowest BCUT2D eigenvalue weighted by Gasteiger charge is -2.36. The molecule has 146 valence electrons. The molecule has 2 aromatic rings. The molecule has 8 heteroatoms. The maximum Gasteiger partial charge on any atom is 0.244 e. The molecule has 0 aromatic heterocycles. The van der Waals surface area contributed by atoms with E-state index in [-0.39, 0.29) is 11.4 Å². The summed E-state index contributed by atoms with van der Waals surface area (Å²) in [5, 5.41) is 3.19. The molecule has 0 aliphatic carbocycles. The maximum atomic E-state index is 13.7. The fraction of sp³-hybridized carbons (Fsp3) is 0.368. The number of hydrogen-bond donors (Lipinski definition) is 1. The first-order valence-corrected chi connectivity index (χ1v) is 10.0. The molecule has 0 amide bonds. The van der Waals surface area contributed by atoms with Gasteiger partial charge in [0.05, 0.1) is 25.2 Å². The molecule has 1 atom stereocenters. The molecule has 3 rings (SSSR count). The number of rotatable bonds is 5. The highest BCUT2D eigenvalue weighted by atomic mass is 32.2. The Morgan fingerprint density at radius 1 is 1.15 bits per heavy atom. The van der Waals surface area contributed by atoms with Gasteiger partial charge >= 0.3 is 0 Å². The molecule has 1 saturated heterocycles. The number of methoxy groups -OCH3 is 2. The quantitative estimate of drug-likeness (QED) is 0.844. The number of hydrogen-bond acceptors (Lipinski definition) is 5. The van der Waals surface area contributed by atoms with E-state index in [1.165, 1.54) is 36.7 Å². The summed E-state index contributed by atoms with van der Waals surface area (Å²) in [7, 11) is -0.861. The minimum absolute atomic E-state index is 0.156. The number of benzene rings is 2. The van der Waals surface area contributed by atoms with Crippen molar-refractivity contribution in [2.24, 2.45) is 0 Å². The van der Waals surface area contributed by atoms with Crippen LogP contribution in [0.5, 0.6) is 11.5 Å². The highest BCUT2D eigenvalue weighted by molar-refractivity contribution is 7.89. The van der Waals surface area contributed by atoms with Crippen molar-refractivity contribution in [2.45, 2.75) is 17.9 Å². The summed E-state index contributed by atoms with van der Waals surface area (Å²) in [4.78, 5) is 0.156. The zero-order valence-corrected chi connectivity index (χ0v) is 16.3. The Balaban J connectivity index is 2.07. The Kier molecular flexibility index (Phi) is 5.69. The van der Waals surface area contributed by atoms with Gasteiger partial charge in [-0.3, -0.25) is 0 Å². The molecule has 1 fully saturated rings. The van der Waals surface area contributed by atoms with Crippen LogP contribution in [0.15, 0.2) is 41.3 Å². The van der Waals surface area contributed by atoms with E-state index in [4.69, 9.17) is 9.47 Å². The number of piperazine rings is 1. The monoisotopic (exact) mass is 394 g/mol. The van der Waals surface area contributed by atoms with E-state index >= 15 is 0 Å². The molecule has 1 aliphatic rings. The van der Waals surface area contributed by atoms with Crippen LogP contribution >= 0.6 is 0 Å². The van der Waals surface area contributed by atoms with Crippen LogP contribution in [0.25, 0.3) is 0 Å². The average molecular weight is 394 g/mol. The van der Waals surface area contributed by atoms with Crippen molar-refractivity contribution in [2.75, 3.05) is 33.9 Å². The fourth-order valence-electron chi connectivity index (χ4n) is 3.34. The van der Waals surface area contributed by atoms with Crippen LogP contribution in [0, 0.1) is 12.7 Å². The molecule has 0 spiro atoms. The van der Waals surface area contributed by atoms with Crippen molar-refractivity contribution in [3.05, 3.63) is 53.3 Å². The SMILES string of the molecule is COc1cc(C)c(S(=O)(=O)N2CCNCC2c2cccc(F)c2)cc1OC. The largest absolute Gasteiger partial charge is 0.493 e. The molecular formula is C19H23FN2O4S. The van der Waals surface area contributed by atoms with E-state index < -0.39 is 21.9 Å². The maximum absolute atomic E-state index is 13.7. The predicted octanol–water partition coefficient (Wildman–Crippen LogP) is 2.49. The van der Waals surface area contributed by atoms with Gasteiger partial charge in [0.15, 0.2) is 11.5 Å². The van der Waals surface area contributed by atoms with Crippen LogP contribution in [0.3, 0.4) is 0 Å². The number of halogens is 1. The number of nitrogens with zero attached hydrogens (tertiary/aromatic N) is 1. The Morgan fingerprint density at radius 2 is 1.85 bits per heavy atom. The Hall–Kier alpha value is -2.16. The van der Waals surface area contributed by atoms with Gasteiger partial charge in [0.2, 0.25) is 10.0 Å². The van der Waals surface area contributed by atoms with E-state index in [9.17, 15) is 12.8 Å². The molecule has 0 radical (unpaired) electrons. The van der Waals surface area contributed by atoms with Gasteiger partial charge in [-0.25, -0.2) is 12.8 Å². The first-order valence-electron chi connectivity index (χ1n) is 8.59. The Morgan fingerprint density at radius 3 is 2.52 bits per heavy atom. The zero-order chi connectivity index (χ0) is 19.6. The highest BCUT2D eigenvalue weighted by Gasteiger charge is 2.36. The third-order valence-corrected chi connectivity index (χ3v) is 6.75. The van der Waals surface area contributed by atoms with Gasteiger partial charge in [0, 0.05) is 25.7 Å². The van der Waals surface area contributed by atoms with Crippen LogP contribution in [-0.4, -0.2) is 46.6 Å². The van der Waals surface area contributed by atoms with Gasteiger partial charge < -0.3 is 14.8 Å². The van der Waals surface area contributed by atoms with Crippen molar-refractivity contribution in [1.82, 2.24) is 9.62 Å². The van der Waals surface area contributed by atoms with E-state index in [1.807, 2.05) is 0 Å². The standard InChI is InChI=1S/C19H23FN2O4S/c1-13-9-17(25-2)18(26-3)11-19(13)27(23,24)22-8-7-21-12-16(22)14-5-4-6-15(20)10-14/h4-6,9-11,16,21H,7-8,12H2,1-3H3. The van der Waals surface area contributed by atoms with Gasteiger partial charge in [-0.1, -0.05) is 12.1 Å². The molecule has 0 saturated carbocycles. The lowest BCUT2D eigenvalue weighted by Crippen LogP contribution is -2.48. The molecule has 27 heavy (non-hydrogen) atoms. The van der Waals surface area contributed by atoms with Gasteiger partial charge in [-0.15, -0.1) is 0 Å². The Labute approximate surface area is 159 Å². The summed E-state index contributed by atoms with van der Waals surface area (Å²) < 4.78 is 52.5. The molecule has 1 unspecified atom stereocenters. The second-order valence-corrected chi connectivity index (χ2v) is 8.22. The van der Waals surface area contributed by atoms with Crippen LogP contribution in [0.1, 0.15) is 17.2 Å². The lowest BCUT2D eigenvalue weighted by molar-refractivity contribution is 0.270. The van der Waals surface area contributed by atoms with Gasteiger partial charge in [0.25, 0.3) is 0 Å². The van der Waals surface area contributed by atoms with E-state index in [0.29, 0.717) is 35.7 Å². The topological polar surface area (TPSA) is 67.9 Å². The Bertz CT molecular complexity index is 933. The first-order chi connectivity index (χ1) is 12.9. The molecule has 1 heterocycles. The van der Waals surface area contributed by atoms with Crippen LogP contribution in [0.2, 0.25) is 0 Å². The molecule has 6 nitrogen and oxygen atoms in total. The summed E-state index contributed by atoms with van der Waals surface area (Å²) >= 11 is 0. The fourth-order valence-corrected chi connectivity index (χ4v) is 5.17. The van der Waals surface area contributed by atoms with Crippen LogP contribution in [-0.2, 0) is 10.0 Å². The summed E-state index contributed by atoms with van der Waals surface area (Å²) in [5.41, 5.74) is 1.17. The average Bonchev–Trinajstić information content (AvgIpc) is 2.67. The second kappa shape index (κ2) is 7.84. The van der Waals surface area contributed by atoms with Crippen LogP contribution < -0.4 is 14.8 Å². The van der Waals surface area contributed by atoms with Crippen LogP contribution in [0.4, 0.5) is 4.39 Å². The first kappa shape index (κ1) is 19.6. The second-order valence-electron chi connectivity index (χ2n) is 6.36. The van der Waals surface area contributed by atoms with Crippen molar-refractivity contribution in [3.8, 4) is 11.5 Å². The van der Waals surface area contributed by atoms with Crippen molar-refractivity contribution in [3.63, 3.8) is 0 Å².